The summed E-state index contributed by atoms with van der Waals surface area (Å²) in [5.41, 5.74) is 8.39. The van der Waals surface area contributed by atoms with Crippen LogP contribution in [0.2, 0.25) is 0 Å². The number of likely N-dealkylation sites (tertiary alicyclic amines) is 1. The third-order valence-corrected chi connectivity index (χ3v) is 5.52. The normalized spacial score (nSPS) is 15.9. The van der Waals surface area contributed by atoms with E-state index in [1.807, 2.05) is 50.2 Å². The summed E-state index contributed by atoms with van der Waals surface area (Å²) in [6.07, 6.45) is 4.70. The molecule has 0 saturated carbocycles. The number of benzene rings is 1. The Morgan fingerprint density at radius 2 is 1.97 bits per heavy atom. The fourth-order valence-electron chi connectivity index (χ4n) is 4.03. The molecule has 1 saturated heterocycles. The molecule has 4 rings (SSSR count). The summed E-state index contributed by atoms with van der Waals surface area (Å²) in [6, 6.07) is 8.04. The molecule has 3 heterocycles. The Kier molecular flexibility index (Phi) is 5.06. The van der Waals surface area contributed by atoms with Crippen molar-refractivity contribution in [2.24, 2.45) is 5.92 Å². The summed E-state index contributed by atoms with van der Waals surface area (Å²) < 4.78 is 7.68. The van der Waals surface area contributed by atoms with E-state index in [9.17, 15) is 4.79 Å². The maximum Gasteiger partial charge on any atom is 0.410 e. The molecule has 154 valence electrons. The summed E-state index contributed by atoms with van der Waals surface area (Å²) in [4.78, 5) is 23.0. The summed E-state index contributed by atoms with van der Waals surface area (Å²) in [6.45, 7) is 8.09. The Morgan fingerprint density at radius 3 is 2.69 bits per heavy atom. The van der Waals surface area contributed by atoms with Crippen molar-refractivity contribution in [2.75, 3.05) is 18.8 Å². The number of hydrogen-bond acceptors (Lipinski definition) is 5. The van der Waals surface area contributed by atoms with E-state index < -0.39 is 5.60 Å². The van der Waals surface area contributed by atoms with E-state index in [4.69, 9.17) is 10.5 Å². The van der Waals surface area contributed by atoms with Crippen LogP contribution in [0.1, 0.15) is 40.0 Å². The second-order valence-corrected chi connectivity index (χ2v) is 8.85. The second kappa shape index (κ2) is 7.54. The largest absolute Gasteiger partial charge is 0.444 e. The minimum absolute atomic E-state index is 0.203. The lowest BCUT2D eigenvalue weighted by Gasteiger charge is -2.33. The lowest BCUT2D eigenvalue weighted by Crippen LogP contribution is -2.41. The van der Waals surface area contributed by atoms with Crippen LogP contribution >= 0.6 is 0 Å². The molecule has 0 spiro atoms. The van der Waals surface area contributed by atoms with E-state index in [1.165, 1.54) is 0 Å². The first-order valence-electron chi connectivity index (χ1n) is 10.3. The van der Waals surface area contributed by atoms with Gasteiger partial charge < -0.3 is 19.9 Å². The van der Waals surface area contributed by atoms with Crippen molar-refractivity contribution in [1.82, 2.24) is 19.4 Å². The van der Waals surface area contributed by atoms with Crippen LogP contribution in [0.4, 0.5) is 10.6 Å². The molecule has 3 aromatic rings. The number of imidazole rings is 1. The standard InChI is InChI=1S/C22H29N5O2/c1-22(2,3)29-21(28)26-11-8-15(9-12-26)10-13-27-14-24-18-19(27)16-6-4-5-7-17(16)25-20(18)23/h4-7,14-15H,8-13H2,1-3H3,(H2,23,25). The SMILES string of the molecule is CC(C)(C)OC(=O)N1CCC(CCn2cnc3c(N)nc4ccccc4c32)CC1. The van der Waals surface area contributed by atoms with E-state index in [1.54, 1.807) is 0 Å². The van der Waals surface area contributed by atoms with Gasteiger partial charge in [-0.2, -0.15) is 0 Å². The van der Waals surface area contributed by atoms with Crippen LogP contribution in [-0.2, 0) is 11.3 Å². The number of fused-ring (bicyclic) bond motifs is 3. The number of nitrogen functional groups attached to an aromatic ring is 1. The maximum absolute atomic E-state index is 12.2. The Morgan fingerprint density at radius 1 is 1.24 bits per heavy atom. The van der Waals surface area contributed by atoms with Gasteiger partial charge in [-0.25, -0.2) is 14.8 Å². The van der Waals surface area contributed by atoms with Crippen LogP contribution in [0.25, 0.3) is 21.9 Å². The highest BCUT2D eigenvalue weighted by atomic mass is 16.6. The summed E-state index contributed by atoms with van der Waals surface area (Å²) in [5, 5.41) is 1.08. The number of nitrogens with zero attached hydrogens (tertiary/aromatic N) is 4. The number of hydrogen-bond donors (Lipinski definition) is 1. The summed E-state index contributed by atoms with van der Waals surface area (Å²) >= 11 is 0. The molecule has 1 aromatic carbocycles. The molecule has 1 aliphatic heterocycles. The Labute approximate surface area is 170 Å². The lowest BCUT2D eigenvalue weighted by atomic mass is 9.93. The number of para-hydroxylation sites is 1. The molecule has 7 heteroatoms. The van der Waals surface area contributed by atoms with Crippen LogP contribution in [0.15, 0.2) is 30.6 Å². The zero-order valence-corrected chi connectivity index (χ0v) is 17.4. The highest BCUT2D eigenvalue weighted by Crippen LogP contribution is 2.28. The highest BCUT2D eigenvalue weighted by molar-refractivity contribution is 6.06. The van der Waals surface area contributed by atoms with Crippen LogP contribution in [0, 0.1) is 5.92 Å². The molecular weight excluding hydrogens is 366 g/mol. The molecule has 7 nitrogen and oxygen atoms in total. The predicted octanol–water partition coefficient (Wildman–Crippen LogP) is 4.20. The van der Waals surface area contributed by atoms with Gasteiger partial charge in [0, 0.05) is 25.0 Å². The van der Waals surface area contributed by atoms with E-state index in [2.05, 4.69) is 20.6 Å². The molecule has 2 aromatic heterocycles. The lowest BCUT2D eigenvalue weighted by molar-refractivity contribution is 0.0180. The molecule has 0 unspecified atom stereocenters. The van der Waals surface area contributed by atoms with Crippen molar-refractivity contribution in [3.8, 4) is 0 Å². The van der Waals surface area contributed by atoms with Crippen molar-refractivity contribution >= 4 is 33.8 Å². The number of aromatic nitrogens is 3. The minimum Gasteiger partial charge on any atom is -0.444 e. The van der Waals surface area contributed by atoms with Crippen LogP contribution in [0.3, 0.4) is 0 Å². The minimum atomic E-state index is -0.449. The summed E-state index contributed by atoms with van der Waals surface area (Å²) in [7, 11) is 0. The van der Waals surface area contributed by atoms with Gasteiger partial charge in [-0.1, -0.05) is 18.2 Å². The number of anilines is 1. The Bertz CT molecular complexity index is 1030. The van der Waals surface area contributed by atoms with Gasteiger partial charge in [0.2, 0.25) is 0 Å². The Balaban J connectivity index is 1.42. The van der Waals surface area contributed by atoms with E-state index in [-0.39, 0.29) is 6.09 Å². The quantitative estimate of drug-likeness (QED) is 0.718. The van der Waals surface area contributed by atoms with E-state index in [0.717, 1.165) is 60.8 Å². The molecule has 0 aliphatic carbocycles. The van der Waals surface area contributed by atoms with Gasteiger partial charge in [-0.15, -0.1) is 0 Å². The molecule has 29 heavy (non-hydrogen) atoms. The van der Waals surface area contributed by atoms with Crippen LogP contribution in [-0.4, -0.2) is 44.2 Å². The molecule has 1 amide bonds. The average Bonchev–Trinajstić information content (AvgIpc) is 3.10. The molecule has 2 N–H and O–H groups in total. The van der Waals surface area contributed by atoms with Crippen molar-refractivity contribution in [3.05, 3.63) is 30.6 Å². The maximum atomic E-state index is 12.2. The average molecular weight is 396 g/mol. The molecule has 0 bridgehead atoms. The molecule has 1 aliphatic rings. The molecule has 0 radical (unpaired) electrons. The van der Waals surface area contributed by atoms with Gasteiger partial charge in [0.1, 0.15) is 11.1 Å². The smallest absolute Gasteiger partial charge is 0.410 e. The van der Waals surface area contributed by atoms with Gasteiger partial charge in [-0.05, 0) is 52.0 Å². The topological polar surface area (TPSA) is 86.3 Å². The number of nitrogens with two attached hydrogens (primary N) is 1. The first-order chi connectivity index (χ1) is 13.8. The van der Waals surface area contributed by atoms with Gasteiger partial charge in [0.15, 0.2) is 5.82 Å². The number of rotatable bonds is 3. The first-order valence-corrected chi connectivity index (χ1v) is 10.3. The highest BCUT2D eigenvalue weighted by Gasteiger charge is 2.26. The van der Waals surface area contributed by atoms with Gasteiger partial charge in [-0.3, -0.25) is 0 Å². The third-order valence-electron chi connectivity index (χ3n) is 5.52. The van der Waals surface area contributed by atoms with Gasteiger partial charge in [0.25, 0.3) is 0 Å². The zero-order valence-electron chi connectivity index (χ0n) is 17.4. The zero-order chi connectivity index (χ0) is 20.6. The van der Waals surface area contributed by atoms with E-state index in [0.29, 0.717) is 11.7 Å². The number of carbonyl (C=O) groups excluding carboxylic acids is 1. The number of pyridine rings is 1. The van der Waals surface area contributed by atoms with Crippen molar-refractivity contribution in [2.45, 2.75) is 52.2 Å². The monoisotopic (exact) mass is 395 g/mol. The van der Waals surface area contributed by atoms with Crippen LogP contribution < -0.4 is 5.73 Å². The molecular formula is C22H29N5O2. The van der Waals surface area contributed by atoms with Crippen molar-refractivity contribution in [1.29, 1.82) is 0 Å². The molecule has 0 atom stereocenters. The third kappa shape index (κ3) is 4.13. The van der Waals surface area contributed by atoms with Gasteiger partial charge in [0.05, 0.1) is 17.4 Å². The van der Waals surface area contributed by atoms with Crippen molar-refractivity contribution < 1.29 is 9.53 Å². The summed E-state index contributed by atoms with van der Waals surface area (Å²) in [5.74, 6) is 1.06. The number of aryl methyl sites for hydroxylation is 1. The molecule has 1 fully saturated rings. The van der Waals surface area contributed by atoms with Crippen LogP contribution in [0.5, 0.6) is 0 Å². The van der Waals surface area contributed by atoms with E-state index >= 15 is 0 Å². The van der Waals surface area contributed by atoms with Gasteiger partial charge >= 0.3 is 6.09 Å². The van der Waals surface area contributed by atoms with Crippen molar-refractivity contribution in [3.63, 3.8) is 0 Å². The Hall–Kier alpha value is -2.83. The number of amides is 1. The number of ether oxygens (including phenoxy) is 1. The fourth-order valence-corrected chi connectivity index (χ4v) is 4.03. The number of piperidine rings is 1. The second-order valence-electron chi connectivity index (χ2n) is 8.85. The fraction of sp³-hybridized carbons (Fsp3) is 0.500. The number of carbonyl (C=O) groups is 1. The first kappa shape index (κ1) is 19.5. The predicted molar refractivity (Wildman–Crippen MR) is 115 cm³/mol.